The zero-order valence-corrected chi connectivity index (χ0v) is 8.98. The average Bonchev–Trinajstić information content (AvgIpc) is 2.56. The highest BCUT2D eigenvalue weighted by molar-refractivity contribution is 7.14. The van der Waals surface area contributed by atoms with Crippen LogP contribution in [0, 0.1) is 6.92 Å². The first-order valence-corrected chi connectivity index (χ1v) is 5.04. The van der Waals surface area contributed by atoms with Gasteiger partial charge in [0.2, 0.25) is 0 Å². The van der Waals surface area contributed by atoms with Crippen molar-refractivity contribution in [1.29, 1.82) is 0 Å². The fourth-order valence-electron chi connectivity index (χ4n) is 1.05. The molecule has 1 rings (SSSR count). The van der Waals surface area contributed by atoms with Crippen LogP contribution in [-0.2, 0) is 0 Å². The molecule has 0 bridgehead atoms. The van der Waals surface area contributed by atoms with Gasteiger partial charge in [0.15, 0.2) is 0 Å². The summed E-state index contributed by atoms with van der Waals surface area (Å²) in [5.41, 5.74) is 0. The van der Waals surface area contributed by atoms with Crippen molar-refractivity contribution in [3.63, 3.8) is 0 Å². The molecular weight excluding hydrogens is 202 g/mol. The molecule has 0 spiro atoms. The summed E-state index contributed by atoms with van der Waals surface area (Å²) in [6.07, 6.45) is 0. The summed E-state index contributed by atoms with van der Waals surface area (Å²) < 4.78 is 5.05. The van der Waals surface area contributed by atoms with Crippen molar-refractivity contribution >= 4 is 17.2 Å². The molecule has 0 aliphatic rings. The molecule has 78 valence electrons. The Hall–Kier alpha value is -1.07. The Labute approximate surface area is 86.5 Å². The number of nitrogens with one attached hydrogen (secondary N) is 1. The number of rotatable bonds is 4. The summed E-state index contributed by atoms with van der Waals surface area (Å²) in [4.78, 5) is 13.1. The predicted molar refractivity (Wildman–Crippen MR) is 55.0 cm³/mol. The first kappa shape index (κ1) is 11.0. The summed E-state index contributed by atoms with van der Waals surface area (Å²) in [6.45, 7) is 2.12. The van der Waals surface area contributed by atoms with E-state index in [4.69, 9.17) is 9.84 Å². The minimum Gasteiger partial charge on any atom is -0.495 e. The number of methoxy groups -OCH3 is 1. The number of hydrogen-bond donors (Lipinski definition) is 2. The molecule has 4 nitrogen and oxygen atoms in total. The van der Waals surface area contributed by atoms with Crippen LogP contribution in [0.1, 0.15) is 14.5 Å². The summed E-state index contributed by atoms with van der Waals surface area (Å²) in [6, 6.07) is 1.82. The van der Waals surface area contributed by atoms with Gasteiger partial charge in [0, 0.05) is 11.4 Å². The fraction of sp³-hybridized carbons (Fsp3) is 0.444. The lowest BCUT2D eigenvalue weighted by molar-refractivity contribution is 0.0946. The van der Waals surface area contributed by atoms with Gasteiger partial charge in [-0.1, -0.05) is 0 Å². The van der Waals surface area contributed by atoms with Gasteiger partial charge in [0.05, 0.1) is 13.7 Å². The van der Waals surface area contributed by atoms with Gasteiger partial charge in [0.1, 0.15) is 10.6 Å². The zero-order chi connectivity index (χ0) is 10.6. The van der Waals surface area contributed by atoms with E-state index in [0.717, 1.165) is 4.88 Å². The number of aliphatic hydroxyl groups is 1. The second-order valence-electron chi connectivity index (χ2n) is 2.73. The van der Waals surface area contributed by atoms with E-state index in [1.807, 2.05) is 13.0 Å². The van der Waals surface area contributed by atoms with Crippen LogP contribution >= 0.6 is 11.3 Å². The van der Waals surface area contributed by atoms with E-state index >= 15 is 0 Å². The van der Waals surface area contributed by atoms with Crippen LogP contribution in [-0.4, -0.2) is 31.3 Å². The molecule has 5 heteroatoms. The first-order valence-electron chi connectivity index (χ1n) is 4.22. The van der Waals surface area contributed by atoms with Gasteiger partial charge in [-0.3, -0.25) is 4.79 Å². The largest absolute Gasteiger partial charge is 0.495 e. The van der Waals surface area contributed by atoms with Crippen LogP contribution in [0.2, 0.25) is 0 Å². The highest BCUT2D eigenvalue weighted by atomic mass is 32.1. The second-order valence-corrected chi connectivity index (χ2v) is 3.99. The van der Waals surface area contributed by atoms with Gasteiger partial charge in [-0.25, -0.2) is 0 Å². The third-order valence-corrected chi connectivity index (χ3v) is 2.68. The van der Waals surface area contributed by atoms with Crippen molar-refractivity contribution in [3.05, 3.63) is 15.8 Å². The molecule has 1 heterocycles. The number of hydrogen-bond acceptors (Lipinski definition) is 4. The summed E-state index contributed by atoms with van der Waals surface area (Å²) in [7, 11) is 1.53. The molecule has 0 atom stereocenters. The number of thiophene rings is 1. The number of ether oxygens (including phenoxy) is 1. The maximum absolute atomic E-state index is 11.5. The smallest absolute Gasteiger partial charge is 0.265 e. The van der Waals surface area contributed by atoms with Crippen molar-refractivity contribution in [2.45, 2.75) is 6.92 Å². The zero-order valence-electron chi connectivity index (χ0n) is 8.16. The van der Waals surface area contributed by atoms with Crippen molar-refractivity contribution in [2.24, 2.45) is 0 Å². The second kappa shape index (κ2) is 4.97. The van der Waals surface area contributed by atoms with Crippen molar-refractivity contribution in [2.75, 3.05) is 20.3 Å². The topological polar surface area (TPSA) is 58.6 Å². The van der Waals surface area contributed by atoms with Gasteiger partial charge in [-0.05, 0) is 13.0 Å². The molecule has 0 saturated carbocycles. The molecule has 1 aromatic rings. The minimum absolute atomic E-state index is 0.0571. The van der Waals surface area contributed by atoms with E-state index in [0.29, 0.717) is 10.6 Å². The van der Waals surface area contributed by atoms with E-state index in [9.17, 15) is 4.79 Å². The first-order chi connectivity index (χ1) is 6.69. The third kappa shape index (κ3) is 2.46. The Balaban J connectivity index is 2.77. The maximum Gasteiger partial charge on any atom is 0.265 e. The van der Waals surface area contributed by atoms with Gasteiger partial charge < -0.3 is 15.2 Å². The van der Waals surface area contributed by atoms with Crippen LogP contribution in [0.25, 0.3) is 0 Å². The number of aryl methyl sites for hydroxylation is 1. The molecule has 0 aliphatic heterocycles. The lowest BCUT2D eigenvalue weighted by Crippen LogP contribution is -2.25. The summed E-state index contributed by atoms with van der Waals surface area (Å²) in [5.74, 6) is 0.386. The standard InChI is InChI=1S/C9H13NO3S/c1-6-5-7(13-2)8(14-6)9(12)10-3-4-11/h5,11H,3-4H2,1-2H3,(H,10,12). The predicted octanol–water partition coefficient (Wildman–Crippen LogP) is 0.787. The van der Waals surface area contributed by atoms with Gasteiger partial charge >= 0.3 is 0 Å². The highest BCUT2D eigenvalue weighted by Crippen LogP contribution is 2.28. The van der Waals surface area contributed by atoms with Crippen LogP contribution in [0.5, 0.6) is 5.75 Å². The number of amides is 1. The fourth-order valence-corrected chi connectivity index (χ4v) is 1.95. The molecule has 1 amide bonds. The van der Waals surface area contributed by atoms with Crippen LogP contribution in [0.4, 0.5) is 0 Å². The van der Waals surface area contributed by atoms with Crippen molar-refractivity contribution in [3.8, 4) is 5.75 Å². The van der Waals surface area contributed by atoms with E-state index in [1.165, 1.54) is 18.4 Å². The normalized spacial score (nSPS) is 9.93. The monoisotopic (exact) mass is 215 g/mol. The Morgan fingerprint density at radius 2 is 2.43 bits per heavy atom. The lowest BCUT2D eigenvalue weighted by atomic mass is 10.4. The van der Waals surface area contributed by atoms with Crippen molar-refractivity contribution in [1.82, 2.24) is 5.32 Å². The summed E-state index contributed by atoms with van der Waals surface area (Å²) >= 11 is 1.38. The van der Waals surface area contributed by atoms with Crippen LogP contribution < -0.4 is 10.1 Å². The molecular formula is C9H13NO3S. The molecule has 0 unspecified atom stereocenters. The van der Waals surface area contributed by atoms with E-state index < -0.39 is 0 Å². The molecule has 1 aromatic heterocycles. The molecule has 0 aromatic carbocycles. The SMILES string of the molecule is COc1cc(C)sc1C(=O)NCCO. The van der Waals surface area contributed by atoms with Gasteiger partial charge in [-0.15, -0.1) is 11.3 Å². The van der Waals surface area contributed by atoms with E-state index in [1.54, 1.807) is 0 Å². The minimum atomic E-state index is -0.200. The molecule has 14 heavy (non-hydrogen) atoms. The third-order valence-electron chi connectivity index (χ3n) is 1.64. The number of carbonyl (C=O) groups is 1. The van der Waals surface area contributed by atoms with Gasteiger partial charge in [0.25, 0.3) is 5.91 Å². The molecule has 0 saturated heterocycles. The number of carbonyl (C=O) groups excluding carboxylic acids is 1. The Bertz CT molecular complexity index is 322. The Kier molecular flexibility index (Phi) is 3.91. The maximum atomic E-state index is 11.5. The Morgan fingerprint density at radius 3 is 3.00 bits per heavy atom. The van der Waals surface area contributed by atoms with Crippen LogP contribution in [0.15, 0.2) is 6.07 Å². The molecule has 2 N–H and O–H groups in total. The van der Waals surface area contributed by atoms with E-state index in [-0.39, 0.29) is 19.1 Å². The summed E-state index contributed by atoms with van der Waals surface area (Å²) in [5, 5.41) is 11.1. The van der Waals surface area contributed by atoms with Crippen LogP contribution in [0.3, 0.4) is 0 Å². The lowest BCUT2D eigenvalue weighted by Gasteiger charge is -2.02. The Morgan fingerprint density at radius 1 is 1.71 bits per heavy atom. The molecule has 0 aliphatic carbocycles. The highest BCUT2D eigenvalue weighted by Gasteiger charge is 2.14. The van der Waals surface area contributed by atoms with Gasteiger partial charge in [-0.2, -0.15) is 0 Å². The quantitative estimate of drug-likeness (QED) is 0.780. The van der Waals surface area contributed by atoms with Crippen molar-refractivity contribution < 1.29 is 14.6 Å². The number of aliphatic hydroxyl groups excluding tert-OH is 1. The average molecular weight is 215 g/mol. The van der Waals surface area contributed by atoms with E-state index in [2.05, 4.69) is 5.32 Å². The molecule has 0 radical (unpaired) electrons. The molecule has 0 fully saturated rings.